The second kappa shape index (κ2) is 7.35. The molecule has 1 atom stereocenters. The van der Waals surface area contributed by atoms with Gasteiger partial charge in [-0.25, -0.2) is 4.79 Å². The van der Waals surface area contributed by atoms with Crippen LogP contribution in [0.5, 0.6) is 5.75 Å². The summed E-state index contributed by atoms with van der Waals surface area (Å²) in [5, 5.41) is 12.5. The molecule has 0 heterocycles. The van der Waals surface area contributed by atoms with Crippen molar-refractivity contribution >= 4 is 40.8 Å². The van der Waals surface area contributed by atoms with E-state index in [0.29, 0.717) is 10.7 Å². The number of carbonyl (C=O) groups excluding carboxylic acids is 2. The molecule has 1 unspecified atom stereocenters. The molecule has 0 aromatic heterocycles. The van der Waals surface area contributed by atoms with E-state index in [1.807, 2.05) is 0 Å². The molecule has 23 heavy (non-hydrogen) atoms. The van der Waals surface area contributed by atoms with Crippen molar-refractivity contribution in [3.05, 3.63) is 58.1 Å². The second-order valence-corrected chi connectivity index (χ2v) is 5.55. The molecule has 0 fully saturated rings. The Balaban J connectivity index is 1.99. The minimum atomic E-state index is -1.02. The van der Waals surface area contributed by atoms with Crippen molar-refractivity contribution < 1.29 is 19.4 Å². The smallest absolute Gasteiger partial charge is 0.338 e. The molecule has 0 aliphatic rings. The highest BCUT2D eigenvalue weighted by molar-refractivity contribution is 6.36. The number of benzene rings is 2. The Hall–Kier alpha value is -2.24. The van der Waals surface area contributed by atoms with Gasteiger partial charge in [0.1, 0.15) is 5.75 Å². The summed E-state index contributed by atoms with van der Waals surface area (Å²) < 4.78 is 5.07. The lowest BCUT2D eigenvalue weighted by molar-refractivity contribution is -0.123. The van der Waals surface area contributed by atoms with E-state index < -0.39 is 18.0 Å². The summed E-state index contributed by atoms with van der Waals surface area (Å²) in [4.78, 5) is 24.0. The van der Waals surface area contributed by atoms with Gasteiger partial charge in [0.25, 0.3) is 5.91 Å². The average Bonchev–Trinajstić information content (AvgIpc) is 2.50. The minimum absolute atomic E-state index is 0.0321. The highest BCUT2D eigenvalue weighted by Crippen LogP contribution is 2.25. The van der Waals surface area contributed by atoms with Gasteiger partial charge in [-0.15, -0.1) is 0 Å². The first-order valence-corrected chi connectivity index (χ1v) is 7.38. The van der Waals surface area contributed by atoms with E-state index in [1.165, 1.54) is 37.3 Å². The van der Waals surface area contributed by atoms with E-state index in [-0.39, 0.29) is 16.3 Å². The van der Waals surface area contributed by atoms with E-state index >= 15 is 0 Å². The number of halogens is 2. The van der Waals surface area contributed by atoms with E-state index in [0.717, 1.165) is 0 Å². The van der Waals surface area contributed by atoms with Gasteiger partial charge in [0.2, 0.25) is 0 Å². The number of nitrogens with one attached hydrogen (secondary N) is 1. The van der Waals surface area contributed by atoms with Gasteiger partial charge in [-0.05, 0) is 49.4 Å². The van der Waals surface area contributed by atoms with Gasteiger partial charge < -0.3 is 15.2 Å². The lowest BCUT2D eigenvalue weighted by Gasteiger charge is -2.14. The van der Waals surface area contributed by atoms with Crippen LogP contribution in [-0.4, -0.2) is 23.1 Å². The maximum Gasteiger partial charge on any atom is 0.338 e. The Bertz CT molecular complexity index is 731. The number of hydrogen-bond donors (Lipinski definition) is 2. The summed E-state index contributed by atoms with van der Waals surface area (Å²) in [6, 6.07) is 10.1. The van der Waals surface area contributed by atoms with Crippen LogP contribution in [0, 0.1) is 0 Å². The number of amides is 1. The molecule has 0 aliphatic carbocycles. The molecule has 120 valence electrons. The first-order chi connectivity index (χ1) is 10.9. The van der Waals surface area contributed by atoms with Gasteiger partial charge in [-0.1, -0.05) is 23.2 Å². The minimum Gasteiger partial charge on any atom is -0.508 e. The van der Waals surface area contributed by atoms with Crippen molar-refractivity contribution in [3.8, 4) is 5.75 Å². The molecule has 0 saturated carbocycles. The lowest BCUT2D eigenvalue weighted by atomic mass is 10.2. The summed E-state index contributed by atoms with van der Waals surface area (Å²) in [5.74, 6) is -1.17. The lowest BCUT2D eigenvalue weighted by Crippen LogP contribution is -2.30. The number of esters is 1. The van der Waals surface area contributed by atoms with Crippen LogP contribution in [0.15, 0.2) is 42.5 Å². The van der Waals surface area contributed by atoms with Gasteiger partial charge in [-0.3, -0.25) is 4.79 Å². The quantitative estimate of drug-likeness (QED) is 0.817. The zero-order valence-corrected chi connectivity index (χ0v) is 13.6. The first kappa shape index (κ1) is 17.1. The molecule has 0 spiro atoms. The number of carbonyl (C=O) groups is 2. The summed E-state index contributed by atoms with van der Waals surface area (Å²) in [6.07, 6.45) is -1.02. The van der Waals surface area contributed by atoms with Crippen molar-refractivity contribution in [1.82, 2.24) is 0 Å². The molecule has 0 bridgehead atoms. The molecule has 2 aromatic rings. The van der Waals surface area contributed by atoms with E-state index in [9.17, 15) is 14.7 Å². The van der Waals surface area contributed by atoms with Gasteiger partial charge in [0, 0.05) is 5.02 Å². The second-order valence-electron chi connectivity index (χ2n) is 4.71. The number of hydrogen-bond acceptors (Lipinski definition) is 4. The number of phenolic OH excluding ortho intramolecular Hbond substituents is 1. The number of aromatic hydroxyl groups is 1. The zero-order valence-electron chi connectivity index (χ0n) is 12.0. The zero-order chi connectivity index (χ0) is 17.0. The van der Waals surface area contributed by atoms with Gasteiger partial charge >= 0.3 is 5.97 Å². The van der Waals surface area contributed by atoms with Crippen molar-refractivity contribution in [2.45, 2.75) is 13.0 Å². The van der Waals surface area contributed by atoms with Crippen LogP contribution in [0.2, 0.25) is 10.0 Å². The van der Waals surface area contributed by atoms with Crippen LogP contribution in [-0.2, 0) is 9.53 Å². The molecular formula is C16H13Cl2NO4. The standard InChI is InChI=1S/C16H13Cl2NO4/c1-9(23-16(22)10-2-5-12(20)6-3-10)15(21)19-14-7-4-11(17)8-13(14)18/h2-9,20H,1H3,(H,19,21). The van der Waals surface area contributed by atoms with Crippen LogP contribution in [0.1, 0.15) is 17.3 Å². The highest BCUT2D eigenvalue weighted by atomic mass is 35.5. The SMILES string of the molecule is CC(OC(=O)c1ccc(O)cc1)C(=O)Nc1ccc(Cl)cc1Cl. The third kappa shape index (κ3) is 4.61. The third-order valence-electron chi connectivity index (χ3n) is 2.95. The fraction of sp³-hybridized carbons (Fsp3) is 0.125. The number of phenols is 1. The molecule has 0 aliphatic heterocycles. The molecule has 7 heteroatoms. The summed E-state index contributed by atoms with van der Waals surface area (Å²) >= 11 is 11.7. The van der Waals surface area contributed by atoms with E-state index in [2.05, 4.69) is 5.32 Å². The Morgan fingerprint density at radius 3 is 2.39 bits per heavy atom. The highest BCUT2D eigenvalue weighted by Gasteiger charge is 2.19. The predicted molar refractivity (Wildman–Crippen MR) is 88.1 cm³/mol. The summed E-state index contributed by atoms with van der Waals surface area (Å²) in [5.41, 5.74) is 0.598. The van der Waals surface area contributed by atoms with Crippen molar-refractivity contribution in [3.63, 3.8) is 0 Å². The molecule has 2 aromatic carbocycles. The van der Waals surface area contributed by atoms with Crippen LogP contribution in [0.4, 0.5) is 5.69 Å². The Morgan fingerprint density at radius 1 is 1.13 bits per heavy atom. The van der Waals surface area contributed by atoms with Gasteiger partial charge in [0.05, 0.1) is 16.3 Å². The Kier molecular flexibility index (Phi) is 5.47. The van der Waals surface area contributed by atoms with E-state index in [1.54, 1.807) is 12.1 Å². The van der Waals surface area contributed by atoms with Gasteiger partial charge in [-0.2, -0.15) is 0 Å². The number of ether oxygens (including phenoxy) is 1. The van der Waals surface area contributed by atoms with Crippen LogP contribution < -0.4 is 5.32 Å². The first-order valence-electron chi connectivity index (χ1n) is 6.63. The molecule has 0 radical (unpaired) electrons. The summed E-state index contributed by atoms with van der Waals surface area (Å²) in [6.45, 7) is 1.44. The Morgan fingerprint density at radius 2 is 1.78 bits per heavy atom. The number of anilines is 1. The molecule has 1 amide bonds. The third-order valence-corrected chi connectivity index (χ3v) is 3.49. The van der Waals surface area contributed by atoms with E-state index in [4.69, 9.17) is 27.9 Å². The van der Waals surface area contributed by atoms with Crippen molar-refractivity contribution in [1.29, 1.82) is 0 Å². The Labute approximate surface area is 142 Å². The maximum atomic E-state index is 12.1. The monoisotopic (exact) mass is 353 g/mol. The van der Waals surface area contributed by atoms with Gasteiger partial charge in [0.15, 0.2) is 6.10 Å². The van der Waals surface area contributed by atoms with Crippen molar-refractivity contribution in [2.24, 2.45) is 0 Å². The van der Waals surface area contributed by atoms with Crippen LogP contribution >= 0.6 is 23.2 Å². The van der Waals surface area contributed by atoms with Crippen LogP contribution in [0.3, 0.4) is 0 Å². The molecule has 2 rings (SSSR count). The predicted octanol–water partition coefficient (Wildman–Crippen LogP) is 3.88. The fourth-order valence-electron chi connectivity index (χ4n) is 1.70. The fourth-order valence-corrected chi connectivity index (χ4v) is 2.16. The summed E-state index contributed by atoms with van der Waals surface area (Å²) in [7, 11) is 0. The molecular weight excluding hydrogens is 341 g/mol. The number of rotatable bonds is 4. The average molecular weight is 354 g/mol. The largest absolute Gasteiger partial charge is 0.508 e. The maximum absolute atomic E-state index is 12.1. The van der Waals surface area contributed by atoms with Crippen LogP contribution in [0.25, 0.3) is 0 Å². The molecule has 5 nitrogen and oxygen atoms in total. The van der Waals surface area contributed by atoms with Crippen molar-refractivity contribution in [2.75, 3.05) is 5.32 Å². The topological polar surface area (TPSA) is 75.6 Å². The molecule has 2 N–H and O–H groups in total. The normalized spacial score (nSPS) is 11.6. The molecule has 0 saturated heterocycles.